The first-order valence-electron chi connectivity index (χ1n) is 9.77. The Hall–Kier alpha value is -1.58. The van der Waals surface area contributed by atoms with E-state index in [1.165, 1.54) is 6.07 Å². The summed E-state index contributed by atoms with van der Waals surface area (Å²) in [5, 5.41) is 0. The lowest BCUT2D eigenvalue weighted by Crippen LogP contribution is -2.47. The SMILES string of the molecule is FC(F)(F)c1ccc(SCCN2CCN(c3cccc4c3OCCO4)CC2)c(Br)c1. The minimum Gasteiger partial charge on any atom is -0.486 e. The Labute approximate surface area is 186 Å². The predicted octanol–water partition coefficient (Wildman–Crippen LogP) is 5.15. The zero-order valence-corrected chi connectivity index (χ0v) is 18.7. The highest BCUT2D eigenvalue weighted by Gasteiger charge is 2.31. The number of benzene rings is 2. The lowest BCUT2D eigenvalue weighted by molar-refractivity contribution is -0.137. The predicted molar refractivity (Wildman–Crippen MR) is 116 cm³/mol. The molecule has 0 radical (unpaired) electrons. The van der Waals surface area contributed by atoms with Crippen molar-refractivity contribution in [1.82, 2.24) is 4.90 Å². The molecule has 9 heteroatoms. The highest BCUT2D eigenvalue weighted by atomic mass is 79.9. The van der Waals surface area contributed by atoms with E-state index in [1.54, 1.807) is 11.8 Å². The lowest BCUT2D eigenvalue weighted by atomic mass is 10.2. The van der Waals surface area contributed by atoms with Crippen LogP contribution in [-0.4, -0.2) is 56.6 Å². The molecule has 2 aromatic carbocycles. The summed E-state index contributed by atoms with van der Waals surface area (Å²) in [5.74, 6) is 2.46. The molecule has 0 unspecified atom stereocenters. The van der Waals surface area contributed by atoms with Gasteiger partial charge >= 0.3 is 6.18 Å². The van der Waals surface area contributed by atoms with Gasteiger partial charge in [-0.05, 0) is 46.3 Å². The molecule has 0 spiro atoms. The van der Waals surface area contributed by atoms with Crippen molar-refractivity contribution in [2.45, 2.75) is 11.1 Å². The summed E-state index contributed by atoms with van der Waals surface area (Å²) in [5.41, 5.74) is 0.447. The number of halogens is 4. The Morgan fingerprint density at radius 3 is 2.50 bits per heavy atom. The van der Waals surface area contributed by atoms with Crippen molar-refractivity contribution in [2.75, 3.05) is 56.6 Å². The number of thioether (sulfide) groups is 1. The van der Waals surface area contributed by atoms with Crippen LogP contribution in [0.4, 0.5) is 18.9 Å². The lowest BCUT2D eigenvalue weighted by Gasteiger charge is -2.37. The number of hydrogen-bond acceptors (Lipinski definition) is 5. The third kappa shape index (κ3) is 5.00. The molecule has 2 aromatic rings. The van der Waals surface area contributed by atoms with Crippen molar-refractivity contribution in [2.24, 2.45) is 0 Å². The molecule has 2 aliphatic heterocycles. The third-order valence-corrected chi connectivity index (χ3v) is 7.15. The van der Waals surface area contributed by atoms with Gasteiger partial charge in [0.25, 0.3) is 0 Å². The number of alkyl halides is 3. The first kappa shape index (κ1) is 21.6. The third-order valence-electron chi connectivity index (χ3n) is 5.18. The van der Waals surface area contributed by atoms with Gasteiger partial charge in [0, 0.05) is 47.8 Å². The summed E-state index contributed by atoms with van der Waals surface area (Å²) in [6.07, 6.45) is -4.32. The van der Waals surface area contributed by atoms with Crippen LogP contribution >= 0.6 is 27.7 Å². The number of para-hydroxylation sites is 1. The fourth-order valence-electron chi connectivity index (χ4n) is 3.60. The maximum absolute atomic E-state index is 12.8. The van der Waals surface area contributed by atoms with Crippen molar-refractivity contribution < 1.29 is 22.6 Å². The van der Waals surface area contributed by atoms with Crippen molar-refractivity contribution in [3.8, 4) is 11.5 Å². The van der Waals surface area contributed by atoms with Gasteiger partial charge in [-0.25, -0.2) is 0 Å². The second-order valence-corrected chi connectivity index (χ2v) is 9.11. The fraction of sp³-hybridized carbons (Fsp3) is 0.429. The zero-order chi connectivity index (χ0) is 21.1. The van der Waals surface area contributed by atoms with Crippen LogP contribution < -0.4 is 14.4 Å². The van der Waals surface area contributed by atoms with Gasteiger partial charge in [-0.15, -0.1) is 11.8 Å². The quantitative estimate of drug-likeness (QED) is 0.526. The average Bonchev–Trinajstić information content (AvgIpc) is 2.74. The number of anilines is 1. The molecule has 1 fully saturated rings. The van der Waals surface area contributed by atoms with E-state index in [4.69, 9.17) is 9.47 Å². The number of fused-ring (bicyclic) bond motifs is 1. The molecule has 0 atom stereocenters. The van der Waals surface area contributed by atoms with Crippen LogP contribution in [0.2, 0.25) is 0 Å². The standard InChI is InChI=1S/C21H22BrF3N2O2S/c22-16-14-15(21(23,24)25)4-5-19(16)30-13-10-26-6-8-27(9-7-26)17-2-1-3-18-20(17)29-12-11-28-18/h1-5,14H,6-13H2. The Kier molecular flexibility index (Phi) is 6.69. The number of ether oxygens (including phenoxy) is 2. The molecule has 0 aromatic heterocycles. The van der Waals surface area contributed by atoms with Gasteiger partial charge in [-0.1, -0.05) is 6.07 Å². The second kappa shape index (κ2) is 9.28. The van der Waals surface area contributed by atoms with E-state index in [-0.39, 0.29) is 0 Å². The monoisotopic (exact) mass is 502 g/mol. The molecule has 0 saturated carbocycles. The van der Waals surface area contributed by atoms with Crippen LogP contribution in [0.25, 0.3) is 0 Å². The average molecular weight is 503 g/mol. The fourth-order valence-corrected chi connectivity index (χ4v) is 5.25. The molecule has 4 nitrogen and oxygen atoms in total. The molecule has 162 valence electrons. The molecule has 0 N–H and O–H groups in total. The van der Waals surface area contributed by atoms with Gasteiger partial charge in [-0.2, -0.15) is 13.2 Å². The van der Waals surface area contributed by atoms with Crippen LogP contribution in [-0.2, 0) is 6.18 Å². The topological polar surface area (TPSA) is 24.9 Å². The number of nitrogens with zero attached hydrogens (tertiary/aromatic N) is 2. The van der Waals surface area contributed by atoms with Crippen molar-refractivity contribution >= 4 is 33.4 Å². The van der Waals surface area contributed by atoms with E-state index in [2.05, 4.69) is 31.8 Å². The van der Waals surface area contributed by atoms with E-state index >= 15 is 0 Å². The second-order valence-electron chi connectivity index (χ2n) is 7.12. The summed E-state index contributed by atoms with van der Waals surface area (Å²) in [6, 6.07) is 9.82. The Morgan fingerprint density at radius 2 is 1.77 bits per heavy atom. The number of piperazine rings is 1. The molecule has 2 aliphatic rings. The van der Waals surface area contributed by atoms with Crippen molar-refractivity contribution in [1.29, 1.82) is 0 Å². The molecule has 0 amide bonds. The normalized spacial score (nSPS) is 17.3. The van der Waals surface area contributed by atoms with Crippen LogP contribution in [0.5, 0.6) is 11.5 Å². The van der Waals surface area contributed by atoms with Crippen LogP contribution in [0.15, 0.2) is 45.8 Å². The van der Waals surface area contributed by atoms with E-state index in [0.717, 1.165) is 72.7 Å². The summed E-state index contributed by atoms with van der Waals surface area (Å²) < 4.78 is 50.4. The summed E-state index contributed by atoms with van der Waals surface area (Å²) in [4.78, 5) is 5.53. The maximum atomic E-state index is 12.8. The molecular weight excluding hydrogens is 481 g/mol. The van der Waals surface area contributed by atoms with Crippen LogP contribution in [0.1, 0.15) is 5.56 Å². The van der Waals surface area contributed by atoms with Crippen LogP contribution in [0.3, 0.4) is 0 Å². The maximum Gasteiger partial charge on any atom is 0.416 e. The largest absolute Gasteiger partial charge is 0.486 e. The molecule has 1 saturated heterocycles. The van der Waals surface area contributed by atoms with Gasteiger partial charge in [0.15, 0.2) is 11.5 Å². The smallest absolute Gasteiger partial charge is 0.416 e. The van der Waals surface area contributed by atoms with Gasteiger partial charge in [0.2, 0.25) is 0 Å². The van der Waals surface area contributed by atoms with Gasteiger partial charge < -0.3 is 14.4 Å². The van der Waals surface area contributed by atoms with Crippen molar-refractivity contribution in [3.63, 3.8) is 0 Å². The van der Waals surface area contributed by atoms with E-state index in [9.17, 15) is 13.2 Å². The Morgan fingerprint density at radius 1 is 1.00 bits per heavy atom. The highest BCUT2D eigenvalue weighted by molar-refractivity contribution is 9.10. The molecule has 2 heterocycles. The summed E-state index contributed by atoms with van der Waals surface area (Å²) in [7, 11) is 0. The van der Waals surface area contributed by atoms with Gasteiger partial charge in [-0.3, -0.25) is 4.90 Å². The number of rotatable bonds is 5. The Balaban J connectivity index is 1.27. The molecule has 0 bridgehead atoms. The molecular formula is C21H22BrF3N2O2S. The van der Waals surface area contributed by atoms with Gasteiger partial charge in [0.05, 0.1) is 11.3 Å². The molecule has 30 heavy (non-hydrogen) atoms. The van der Waals surface area contributed by atoms with E-state index in [1.807, 2.05) is 12.1 Å². The zero-order valence-electron chi connectivity index (χ0n) is 16.3. The summed E-state index contributed by atoms with van der Waals surface area (Å²) >= 11 is 4.84. The van der Waals surface area contributed by atoms with Crippen LogP contribution in [0, 0.1) is 0 Å². The van der Waals surface area contributed by atoms with Gasteiger partial charge in [0.1, 0.15) is 13.2 Å². The van der Waals surface area contributed by atoms with E-state index < -0.39 is 11.7 Å². The van der Waals surface area contributed by atoms with E-state index in [0.29, 0.717) is 17.7 Å². The minimum absolute atomic E-state index is 0.489. The summed E-state index contributed by atoms with van der Waals surface area (Å²) in [6.45, 7) is 5.69. The first-order valence-corrected chi connectivity index (χ1v) is 11.5. The highest BCUT2D eigenvalue weighted by Crippen LogP contribution is 2.40. The molecule has 0 aliphatic carbocycles. The molecule has 4 rings (SSSR count). The first-order chi connectivity index (χ1) is 14.4. The van der Waals surface area contributed by atoms with Crippen molar-refractivity contribution in [3.05, 3.63) is 46.4 Å². The number of hydrogen-bond donors (Lipinski definition) is 0. The minimum atomic E-state index is -4.32. The Bertz CT molecular complexity index is 889.